The van der Waals surface area contributed by atoms with Crippen molar-refractivity contribution in [2.75, 3.05) is 39.8 Å². The number of aliphatic imine (C=N–C) groups is 1. The maximum Gasteiger partial charge on any atom is 0.193 e. The van der Waals surface area contributed by atoms with E-state index in [1.807, 2.05) is 0 Å². The summed E-state index contributed by atoms with van der Waals surface area (Å²) in [6.45, 7) is 16.4. The van der Waals surface area contributed by atoms with Gasteiger partial charge in [-0.15, -0.1) is 24.0 Å². The van der Waals surface area contributed by atoms with Crippen LogP contribution in [0.3, 0.4) is 0 Å². The largest absolute Gasteiger partial charge is 0.357 e. The molecule has 1 unspecified atom stereocenters. The predicted molar refractivity (Wildman–Crippen MR) is 104 cm³/mol. The van der Waals surface area contributed by atoms with Crippen LogP contribution in [-0.4, -0.2) is 61.6 Å². The first-order chi connectivity index (χ1) is 9.39. The second-order valence-corrected chi connectivity index (χ2v) is 6.81. The maximum absolute atomic E-state index is 4.81. The summed E-state index contributed by atoms with van der Waals surface area (Å²) in [4.78, 5) is 9.61. The number of nitrogens with zero attached hydrogens (tertiary/aromatic N) is 3. The zero-order valence-electron chi connectivity index (χ0n) is 14.8. The molecule has 0 bridgehead atoms. The summed E-state index contributed by atoms with van der Waals surface area (Å²) in [5.41, 5.74) is 0.420. The van der Waals surface area contributed by atoms with Crippen LogP contribution in [0.5, 0.6) is 0 Å². The number of hydrogen-bond acceptors (Lipinski definition) is 2. The quantitative estimate of drug-likeness (QED) is 0.415. The molecule has 0 radical (unpaired) electrons. The Morgan fingerprint density at radius 1 is 1.38 bits per heavy atom. The molecule has 0 aromatic carbocycles. The molecule has 0 aromatic rings. The van der Waals surface area contributed by atoms with E-state index < -0.39 is 0 Å². The first-order valence-electron chi connectivity index (χ1n) is 8.13. The van der Waals surface area contributed by atoms with Crippen molar-refractivity contribution in [3.63, 3.8) is 0 Å². The van der Waals surface area contributed by atoms with Crippen molar-refractivity contribution < 1.29 is 0 Å². The Hall–Kier alpha value is -0.0400. The van der Waals surface area contributed by atoms with E-state index in [2.05, 4.69) is 56.8 Å². The SMILES string of the molecule is CCNC(=NCCN(C)C(C)CC)N1CCC(C)(C)C1.I. The zero-order valence-corrected chi connectivity index (χ0v) is 17.1. The fourth-order valence-electron chi connectivity index (χ4n) is 2.56. The number of hydrogen-bond donors (Lipinski definition) is 1. The van der Waals surface area contributed by atoms with Crippen LogP contribution in [0, 0.1) is 5.41 Å². The first kappa shape index (κ1) is 21.0. The van der Waals surface area contributed by atoms with Crippen LogP contribution >= 0.6 is 24.0 Å². The molecular formula is C16H35IN4. The second-order valence-electron chi connectivity index (χ2n) is 6.81. The Balaban J connectivity index is 0.00000400. The zero-order chi connectivity index (χ0) is 15.2. The van der Waals surface area contributed by atoms with Gasteiger partial charge in [0.1, 0.15) is 0 Å². The standard InChI is InChI=1S/C16H34N4.HI/c1-7-14(3)19(6)12-10-18-15(17-8-2)20-11-9-16(4,5)13-20;/h14H,7-13H2,1-6H3,(H,17,18);1H. The summed E-state index contributed by atoms with van der Waals surface area (Å²) >= 11 is 0. The fraction of sp³-hybridized carbons (Fsp3) is 0.938. The van der Waals surface area contributed by atoms with Gasteiger partial charge in [-0.05, 0) is 39.2 Å². The number of rotatable bonds is 6. The van der Waals surface area contributed by atoms with Crippen LogP contribution in [-0.2, 0) is 0 Å². The van der Waals surface area contributed by atoms with Crippen LogP contribution < -0.4 is 5.32 Å². The van der Waals surface area contributed by atoms with Crippen LogP contribution in [0.25, 0.3) is 0 Å². The van der Waals surface area contributed by atoms with Crippen molar-refractivity contribution in [3.8, 4) is 0 Å². The van der Waals surface area contributed by atoms with Gasteiger partial charge in [0.2, 0.25) is 0 Å². The molecule has 1 heterocycles. The van der Waals surface area contributed by atoms with Crippen molar-refractivity contribution in [2.45, 2.75) is 53.5 Å². The number of likely N-dealkylation sites (tertiary alicyclic amines) is 1. The minimum Gasteiger partial charge on any atom is -0.357 e. The lowest BCUT2D eigenvalue weighted by Crippen LogP contribution is -2.41. The molecule has 1 aliphatic rings. The minimum atomic E-state index is 0. The number of nitrogens with one attached hydrogen (secondary N) is 1. The second kappa shape index (κ2) is 9.87. The molecule has 126 valence electrons. The lowest BCUT2D eigenvalue weighted by molar-refractivity contribution is 0.258. The predicted octanol–water partition coefficient (Wildman–Crippen LogP) is 3.03. The lowest BCUT2D eigenvalue weighted by atomic mass is 9.93. The maximum atomic E-state index is 4.81. The monoisotopic (exact) mass is 410 g/mol. The molecule has 4 nitrogen and oxygen atoms in total. The van der Waals surface area contributed by atoms with E-state index in [0.717, 1.165) is 38.7 Å². The Bertz CT molecular complexity index is 317. The molecule has 1 N–H and O–H groups in total. The Kier molecular flexibility index (Phi) is 9.85. The summed E-state index contributed by atoms with van der Waals surface area (Å²) in [5.74, 6) is 1.09. The van der Waals surface area contributed by atoms with Crippen molar-refractivity contribution in [2.24, 2.45) is 10.4 Å². The highest BCUT2D eigenvalue weighted by atomic mass is 127. The molecule has 0 saturated carbocycles. The van der Waals surface area contributed by atoms with E-state index in [1.54, 1.807) is 0 Å². The third-order valence-electron chi connectivity index (χ3n) is 4.37. The van der Waals surface area contributed by atoms with E-state index in [4.69, 9.17) is 4.99 Å². The van der Waals surface area contributed by atoms with Gasteiger partial charge in [-0.1, -0.05) is 20.8 Å². The summed E-state index contributed by atoms with van der Waals surface area (Å²) in [7, 11) is 2.19. The Morgan fingerprint density at radius 3 is 2.52 bits per heavy atom. The molecule has 1 fully saturated rings. The molecular weight excluding hydrogens is 375 g/mol. The molecule has 0 aliphatic carbocycles. The van der Waals surface area contributed by atoms with Crippen molar-refractivity contribution >= 4 is 29.9 Å². The van der Waals surface area contributed by atoms with E-state index in [9.17, 15) is 0 Å². The summed E-state index contributed by atoms with van der Waals surface area (Å²) in [6, 6.07) is 0.638. The molecule has 1 saturated heterocycles. The third kappa shape index (κ3) is 7.17. The highest BCUT2D eigenvalue weighted by molar-refractivity contribution is 14.0. The van der Waals surface area contributed by atoms with Gasteiger partial charge < -0.3 is 15.1 Å². The van der Waals surface area contributed by atoms with E-state index in [-0.39, 0.29) is 24.0 Å². The van der Waals surface area contributed by atoms with E-state index in [1.165, 1.54) is 12.8 Å². The first-order valence-corrected chi connectivity index (χ1v) is 8.13. The molecule has 5 heteroatoms. The van der Waals surface area contributed by atoms with Crippen LogP contribution in [0.4, 0.5) is 0 Å². The van der Waals surface area contributed by atoms with Gasteiger partial charge in [-0.2, -0.15) is 0 Å². The highest BCUT2D eigenvalue weighted by Crippen LogP contribution is 2.28. The molecule has 21 heavy (non-hydrogen) atoms. The summed E-state index contributed by atoms with van der Waals surface area (Å²) < 4.78 is 0. The van der Waals surface area contributed by atoms with E-state index in [0.29, 0.717) is 11.5 Å². The van der Waals surface area contributed by atoms with Gasteiger partial charge in [0.05, 0.1) is 6.54 Å². The molecule has 1 aliphatic heterocycles. The van der Waals surface area contributed by atoms with Crippen LogP contribution in [0.2, 0.25) is 0 Å². The van der Waals surface area contributed by atoms with Gasteiger partial charge >= 0.3 is 0 Å². The van der Waals surface area contributed by atoms with Gasteiger partial charge in [0.25, 0.3) is 0 Å². The van der Waals surface area contributed by atoms with Crippen molar-refractivity contribution in [3.05, 3.63) is 0 Å². The van der Waals surface area contributed by atoms with Gasteiger partial charge in [-0.25, -0.2) is 0 Å². The van der Waals surface area contributed by atoms with Crippen LogP contribution in [0.1, 0.15) is 47.5 Å². The summed E-state index contributed by atoms with van der Waals surface area (Å²) in [5, 5.41) is 3.44. The van der Waals surface area contributed by atoms with Crippen LogP contribution in [0.15, 0.2) is 4.99 Å². The Morgan fingerprint density at radius 2 is 2.05 bits per heavy atom. The third-order valence-corrected chi connectivity index (χ3v) is 4.37. The molecule has 0 aromatic heterocycles. The van der Waals surface area contributed by atoms with Gasteiger partial charge in [-0.3, -0.25) is 4.99 Å². The minimum absolute atomic E-state index is 0. The topological polar surface area (TPSA) is 30.9 Å². The molecule has 0 spiro atoms. The average Bonchev–Trinajstić information content (AvgIpc) is 2.76. The Labute approximate surface area is 148 Å². The smallest absolute Gasteiger partial charge is 0.193 e. The fourth-order valence-corrected chi connectivity index (χ4v) is 2.56. The van der Waals surface area contributed by atoms with Crippen molar-refractivity contribution in [1.82, 2.24) is 15.1 Å². The average molecular weight is 410 g/mol. The number of likely N-dealkylation sites (N-methyl/N-ethyl adjacent to an activating group) is 1. The van der Waals surface area contributed by atoms with Gasteiger partial charge in [0.15, 0.2) is 5.96 Å². The van der Waals surface area contributed by atoms with Gasteiger partial charge in [0, 0.05) is 32.2 Å². The molecule has 0 amide bonds. The number of halogens is 1. The highest BCUT2D eigenvalue weighted by Gasteiger charge is 2.30. The normalized spacial score (nSPS) is 19.6. The number of guanidine groups is 1. The summed E-state index contributed by atoms with van der Waals surface area (Å²) in [6.07, 6.45) is 2.45. The van der Waals surface area contributed by atoms with Crippen molar-refractivity contribution in [1.29, 1.82) is 0 Å². The van der Waals surface area contributed by atoms with E-state index >= 15 is 0 Å². The molecule has 1 atom stereocenters. The lowest BCUT2D eigenvalue weighted by Gasteiger charge is -2.25. The molecule has 1 rings (SSSR count).